The minimum atomic E-state index is -1.77. The van der Waals surface area contributed by atoms with Gasteiger partial charge in [-0.05, 0) is 85.3 Å². The molecule has 0 saturated carbocycles. The molecule has 6 rings (SSSR count). The van der Waals surface area contributed by atoms with E-state index in [1.807, 2.05) is 12.1 Å². The molecule has 9 atom stereocenters. The summed E-state index contributed by atoms with van der Waals surface area (Å²) < 4.78 is 0. The van der Waals surface area contributed by atoms with Crippen LogP contribution in [0.25, 0.3) is 10.9 Å². The smallest absolute Gasteiger partial charge is 0.327 e. The van der Waals surface area contributed by atoms with E-state index in [9.17, 15) is 58.5 Å². The van der Waals surface area contributed by atoms with Crippen LogP contribution >= 0.6 is 21.6 Å². The van der Waals surface area contributed by atoms with E-state index in [-0.39, 0.29) is 62.3 Å². The number of rotatable bonds is 15. The van der Waals surface area contributed by atoms with Crippen LogP contribution < -0.4 is 59.7 Å². The summed E-state index contributed by atoms with van der Waals surface area (Å²) in [6, 6.07) is 14.7. The van der Waals surface area contributed by atoms with Gasteiger partial charge in [0.15, 0.2) is 0 Å². The zero-order chi connectivity index (χ0) is 58.6. The van der Waals surface area contributed by atoms with Gasteiger partial charge < -0.3 is 80.0 Å². The number of fused-ring (bicyclic) bond motifs is 1. The molecule has 1 aromatic heterocycles. The van der Waals surface area contributed by atoms with Gasteiger partial charge in [0, 0.05) is 60.0 Å². The number of carboxylic acid groups (broad SMARTS) is 1. The Balaban J connectivity index is 1.43. The average molecular weight is 1150 g/mol. The van der Waals surface area contributed by atoms with E-state index < -0.39 is 108 Å². The summed E-state index contributed by atoms with van der Waals surface area (Å²) in [5, 5.41) is 52.8. The fourth-order valence-corrected chi connectivity index (χ4v) is 11.1. The third kappa shape index (κ3) is 18.9. The molecule has 1 fully saturated rings. The SMILES string of the molecule is C[C@@H](O)[C@@H]1NC(=O)[C@H](CCCCN)NC(=O)[C@@H](Cc2c[nH]c3ccccc23)NC(=O)[C@H](Cc2ccc(N)cc2)NC(=O)[C@H](Cc2ccccc2)NC(=O)[C@@H](NC(N)=O)CSSC[C@@H](C(=O)O)NC(=O)[C@H](Cc2ccc(O)cc2)NC1=O. The lowest BCUT2D eigenvalue weighted by Crippen LogP contribution is -2.62. The number of nitrogens with two attached hydrogens (primary N) is 3. The highest BCUT2D eigenvalue weighted by molar-refractivity contribution is 8.76. The first-order valence-corrected chi connectivity index (χ1v) is 28.5. The van der Waals surface area contributed by atoms with Crippen LogP contribution in [-0.2, 0) is 64.0 Å². The standard InChI is InChI=1S/C55H68N12O12S2/c1-30(68)46-53(76)64-42(25-33-16-20-36(69)21-17-33)50(73)65-45(54(77)78)29-81-80-28-44(66-55(58)79)52(75)62-40(23-31-9-3-2-4-10-31)48(71)61-41(24-32-14-18-35(57)19-15-32)49(72)63-43(26-34-27-59-38-12-6-5-11-37(34)38)51(74)60-39(47(70)67-46)13-7-8-22-56/h2-6,9-12,14-21,27,30,39-46,59,68-69H,7-8,13,22-26,28-29,56-57H2,1H3,(H,60,74)(H,61,71)(H,62,75)(H,63,72)(H,64,76)(H,65,73)(H,67,70)(H,77,78)(H3,58,66,79)/t30-,39+,40+,41+,42+,43-,44+,45+,46+/m1/s1. The number of aliphatic carboxylic acids is 1. The minimum Gasteiger partial charge on any atom is -0.508 e. The number of nitrogen functional groups attached to an aromatic ring is 1. The number of nitrogens with one attached hydrogen (secondary N) is 9. The lowest BCUT2D eigenvalue weighted by Gasteiger charge is -2.29. The third-order valence-corrected chi connectivity index (χ3v) is 15.6. The average Bonchev–Trinajstić information content (AvgIpc) is 3.89. The summed E-state index contributed by atoms with van der Waals surface area (Å²) in [6.07, 6.45) is -0.0358. The predicted octanol–water partition coefficient (Wildman–Crippen LogP) is 0.146. The molecule has 18 N–H and O–H groups in total. The molecule has 1 saturated heterocycles. The van der Waals surface area contributed by atoms with E-state index in [0.29, 0.717) is 45.3 Å². The van der Waals surface area contributed by atoms with Gasteiger partial charge in [0.25, 0.3) is 0 Å². The van der Waals surface area contributed by atoms with Gasteiger partial charge in [0.05, 0.1) is 6.10 Å². The van der Waals surface area contributed by atoms with Crippen LogP contribution in [0.5, 0.6) is 5.75 Å². The third-order valence-electron chi connectivity index (χ3n) is 13.2. The van der Waals surface area contributed by atoms with Gasteiger partial charge in [0.2, 0.25) is 41.4 Å². The van der Waals surface area contributed by atoms with Crippen molar-refractivity contribution in [2.75, 3.05) is 23.8 Å². The second-order valence-corrected chi connectivity index (χ2v) is 22.0. The number of aliphatic hydroxyl groups is 1. The summed E-state index contributed by atoms with van der Waals surface area (Å²) in [7, 11) is 1.82. The number of phenols is 1. The summed E-state index contributed by atoms with van der Waals surface area (Å²) >= 11 is 0. The molecule has 4 aromatic carbocycles. The van der Waals surface area contributed by atoms with Crippen molar-refractivity contribution >= 4 is 91.5 Å². The number of anilines is 1. The second kappa shape index (κ2) is 30.3. The number of amides is 9. The van der Waals surface area contributed by atoms with Gasteiger partial charge >= 0.3 is 12.0 Å². The van der Waals surface area contributed by atoms with Crippen LogP contribution in [0.15, 0.2) is 109 Å². The number of primary amides is 1. The molecule has 432 valence electrons. The van der Waals surface area contributed by atoms with Crippen molar-refractivity contribution in [2.24, 2.45) is 11.5 Å². The van der Waals surface area contributed by atoms with E-state index in [0.717, 1.165) is 21.6 Å². The maximum Gasteiger partial charge on any atom is 0.327 e. The lowest BCUT2D eigenvalue weighted by atomic mass is 10.00. The first-order valence-electron chi connectivity index (χ1n) is 26.0. The van der Waals surface area contributed by atoms with Gasteiger partial charge in [0.1, 0.15) is 54.1 Å². The molecule has 24 nitrogen and oxygen atoms in total. The molecule has 0 bridgehead atoms. The normalized spacial score (nSPS) is 22.8. The van der Waals surface area contributed by atoms with Crippen LogP contribution in [0, 0.1) is 0 Å². The predicted molar refractivity (Wildman–Crippen MR) is 306 cm³/mol. The number of carbonyl (C=O) groups excluding carboxylic acids is 8. The highest BCUT2D eigenvalue weighted by Gasteiger charge is 2.37. The molecule has 9 amide bonds. The number of benzene rings is 4. The van der Waals surface area contributed by atoms with Crippen molar-refractivity contribution in [1.29, 1.82) is 0 Å². The highest BCUT2D eigenvalue weighted by atomic mass is 33.1. The Kier molecular flexibility index (Phi) is 23.2. The number of hydrogen-bond donors (Lipinski definition) is 15. The van der Waals surface area contributed by atoms with E-state index >= 15 is 0 Å². The monoisotopic (exact) mass is 1150 g/mol. The van der Waals surface area contributed by atoms with Crippen molar-refractivity contribution in [3.8, 4) is 5.75 Å². The zero-order valence-electron chi connectivity index (χ0n) is 44.2. The number of carbonyl (C=O) groups is 9. The molecule has 1 aliphatic rings. The van der Waals surface area contributed by atoms with E-state index in [1.54, 1.807) is 72.9 Å². The van der Waals surface area contributed by atoms with Crippen molar-refractivity contribution < 1.29 is 58.5 Å². The maximum atomic E-state index is 15.0. The van der Waals surface area contributed by atoms with Crippen molar-refractivity contribution in [3.63, 3.8) is 0 Å². The topological polar surface area (TPSA) is 404 Å². The largest absolute Gasteiger partial charge is 0.508 e. The summed E-state index contributed by atoms with van der Waals surface area (Å²) in [5.74, 6) is -8.62. The fraction of sp³-hybridized carbons (Fsp3) is 0.364. The molecule has 81 heavy (non-hydrogen) atoms. The summed E-state index contributed by atoms with van der Waals surface area (Å²) in [6.45, 7) is 1.42. The number of urea groups is 1. The number of carboxylic acids is 1. The van der Waals surface area contributed by atoms with Crippen molar-refractivity contribution in [2.45, 2.75) is 106 Å². The Hall–Kier alpha value is -8.33. The number of phenolic OH excluding ortho intramolecular Hbond substituents is 1. The molecule has 0 radical (unpaired) electrons. The number of aromatic amines is 1. The molecule has 0 spiro atoms. The van der Waals surface area contributed by atoms with Crippen LogP contribution in [0.2, 0.25) is 0 Å². The number of hydrogen-bond acceptors (Lipinski definition) is 15. The number of unbranched alkanes of at least 4 members (excludes halogenated alkanes) is 1. The Morgan fingerprint density at radius 3 is 1.68 bits per heavy atom. The van der Waals surface area contributed by atoms with E-state index in [2.05, 4.69) is 47.5 Å². The number of aromatic hydroxyl groups is 1. The Morgan fingerprint density at radius 2 is 1.10 bits per heavy atom. The van der Waals surface area contributed by atoms with Gasteiger partial charge in [-0.3, -0.25) is 33.6 Å². The number of para-hydroxylation sites is 1. The lowest BCUT2D eigenvalue weighted by molar-refractivity contribution is -0.141. The fourth-order valence-electron chi connectivity index (χ4n) is 8.77. The molecule has 2 heterocycles. The van der Waals surface area contributed by atoms with Crippen LogP contribution in [0.4, 0.5) is 10.5 Å². The maximum absolute atomic E-state index is 15.0. The van der Waals surface area contributed by atoms with Gasteiger partial charge in [-0.1, -0.05) is 94.4 Å². The highest BCUT2D eigenvalue weighted by Crippen LogP contribution is 2.24. The van der Waals surface area contributed by atoms with E-state index in [1.165, 1.54) is 31.2 Å². The molecule has 0 unspecified atom stereocenters. The van der Waals surface area contributed by atoms with Gasteiger partial charge in [-0.25, -0.2) is 9.59 Å². The molecule has 1 aliphatic heterocycles. The first-order chi connectivity index (χ1) is 38.8. The molecular formula is C55H68N12O12S2. The van der Waals surface area contributed by atoms with Gasteiger partial charge in [-0.2, -0.15) is 0 Å². The zero-order valence-corrected chi connectivity index (χ0v) is 45.9. The minimum absolute atomic E-state index is 0.0460. The van der Waals surface area contributed by atoms with Gasteiger partial charge in [-0.15, -0.1) is 0 Å². The molecule has 5 aromatic rings. The Morgan fingerprint density at radius 1 is 0.605 bits per heavy atom. The summed E-state index contributed by atoms with van der Waals surface area (Å²) in [5.41, 5.74) is 20.6. The molecule has 0 aliphatic carbocycles. The number of aliphatic hydroxyl groups excluding tert-OH is 1. The van der Waals surface area contributed by atoms with Crippen LogP contribution in [0.3, 0.4) is 0 Å². The van der Waals surface area contributed by atoms with Crippen LogP contribution in [0.1, 0.15) is 48.4 Å². The van der Waals surface area contributed by atoms with Crippen molar-refractivity contribution in [1.82, 2.24) is 47.5 Å². The molecule has 26 heteroatoms. The van der Waals surface area contributed by atoms with Crippen molar-refractivity contribution in [3.05, 3.63) is 132 Å². The Bertz CT molecular complexity index is 2990. The summed E-state index contributed by atoms with van der Waals surface area (Å²) in [4.78, 5) is 130. The number of aromatic nitrogens is 1. The second-order valence-electron chi connectivity index (χ2n) is 19.4. The first kappa shape index (κ1) is 61.9. The Labute approximate surface area is 474 Å². The van der Waals surface area contributed by atoms with Crippen LogP contribution in [-0.4, -0.2) is 146 Å². The number of H-pyrrole nitrogens is 1. The van der Waals surface area contributed by atoms with E-state index in [4.69, 9.17) is 17.2 Å². The quantitative estimate of drug-likeness (QED) is 0.0377. The molecular weight excluding hydrogens is 1080 g/mol.